The summed E-state index contributed by atoms with van der Waals surface area (Å²) in [6.45, 7) is 0. The third-order valence-electron chi connectivity index (χ3n) is 8.00. The van der Waals surface area contributed by atoms with Gasteiger partial charge in [0.25, 0.3) is 0 Å². The Morgan fingerprint density at radius 3 is 1.23 bits per heavy atom. The molecule has 182 valence electrons. The molecule has 1 aromatic heterocycles. The Labute approximate surface area is 227 Å². The molecule has 0 aliphatic rings. The SMILES string of the molecule is c1ccc(-c2ccc(-c3ccc(-n4c5ccc6ccccc6c5c5c6ccccc6ccc54)cc3)cc2)cc1. The summed E-state index contributed by atoms with van der Waals surface area (Å²) in [5.41, 5.74) is 8.56. The molecule has 0 spiro atoms. The first kappa shape index (κ1) is 21.9. The second-order valence-corrected chi connectivity index (χ2v) is 10.2. The molecule has 0 bridgehead atoms. The Morgan fingerprint density at radius 2 is 0.718 bits per heavy atom. The van der Waals surface area contributed by atoms with Gasteiger partial charge in [0.05, 0.1) is 11.0 Å². The van der Waals surface area contributed by atoms with Gasteiger partial charge in [-0.3, -0.25) is 0 Å². The maximum absolute atomic E-state index is 2.42. The van der Waals surface area contributed by atoms with E-state index in [9.17, 15) is 0 Å². The van der Waals surface area contributed by atoms with Crippen LogP contribution in [0.5, 0.6) is 0 Å². The van der Waals surface area contributed by atoms with Crippen LogP contribution in [-0.4, -0.2) is 4.57 Å². The van der Waals surface area contributed by atoms with Crippen molar-refractivity contribution in [2.45, 2.75) is 0 Å². The zero-order valence-corrected chi connectivity index (χ0v) is 21.4. The van der Waals surface area contributed by atoms with Gasteiger partial charge in [0.15, 0.2) is 0 Å². The highest BCUT2D eigenvalue weighted by Gasteiger charge is 2.17. The molecule has 1 nitrogen and oxygen atoms in total. The maximum Gasteiger partial charge on any atom is 0.0547 e. The molecule has 0 unspecified atom stereocenters. The van der Waals surface area contributed by atoms with Crippen LogP contribution in [0.3, 0.4) is 0 Å². The molecule has 7 aromatic carbocycles. The standard InChI is InChI=1S/C38H25N/c1-2-8-26(9-3-1)27-14-16-28(17-15-27)29-18-22-32(23-19-29)39-35-24-20-30-10-4-6-12-33(30)37(35)38-34-13-7-5-11-31(34)21-25-36(38)39/h1-25H. The van der Waals surface area contributed by atoms with E-state index < -0.39 is 0 Å². The Morgan fingerprint density at radius 1 is 0.308 bits per heavy atom. The molecule has 0 aliphatic heterocycles. The highest BCUT2D eigenvalue weighted by molar-refractivity contribution is 6.28. The van der Waals surface area contributed by atoms with Gasteiger partial charge < -0.3 is 4.57 Å². The molecule has 8 aromatic rings. The summed E-state index contributed by atoms with van der Waals surface area (Å²) in [6, 6.07) is 54.9. The van der Waals surface area contributed by atoms with Gasteiger partial charge in [-0.2, -0.15) is 0 Å². The van der Waals surface area contributed by atoms with Crippen molar-refractivity contribution in [3.05, 3.63) is 152 Å². The fourth-order valence-electron chi connectivity index (χ4n) is 6.11. The summed E-state index contributed by atoms with van der Waals surface area (Å²) >= 11 is 0. The van der Waals surface area contributed by atoms with E-state index in [1.807, 2.05) is 0 Å². The maximum atomic E-state index is 2.42. The molecular formula is C38H25N. The summed E-state index contributed by atoms with van der Waals surface area (Å²) < 4.78 is 2.42. The average Bonchev–Trinajstić information content (AvgIpc) is 3.37. The number of nitrogens with zero attached hydrogens (tertiary/aromatic N) is 1. The summed E-state index contributed by atoms with van der Waals surface area (Å²) in [7, 11) is 0. The molecule has 0 radical (unpaired) electrons. The molecule has 39 heavy (non-hydrogen) atoms. The van der Waals surface area contributed by atoms with Crippen LogP contribution >= 0.6 is 0 Å². The number of hydrogen-bond acceptors (Lipinski definition) is 0. The van der Waals surface area contributed by atoms with Crippen LogP contribution in [0.25, 0.3) is 71.3 Å². The lowest BCUT2D eigenvalue weighted by molar-refractivity contribution is 1.18. The minimum absolute atomic E-state index is 1.17. The van der Waals surface area contributed by atoms with Crippen molar-refractivity contribution in [2.24, 2.45) is 0 Å². The average molecular weight is 496 g/mol. The van der Waals surface area contributed by atoms with Crippen molar-refractivity contribution in [3.8, 4) is 27.9 Å². The zero-order valence-electron chi connectivity index (χ0n) is 21.4. The molecule has 1 heteroatoms. The predicted octanol–water partition coefficient (Wildman–Crippen LogP) is 10.4. The molecule has 0 fully saturated rings. The van der Waals surface area contributed by atoms with E-state index in [2.05, 4.69) is 156 Å². The van der Waals surface area contributed by atoms with Gasteiger partial charge in [0.1, 0.15) is 0 Å². The first-order chi connectivity index (χ1) is 19.3. The van der Waals surface area contributed by atoms with Crippen LogP contribution < -0.4 is 0 Å². The fourth-order valence-corrected chi connectivity index (χ4v) is 6.11. The molecule has 0 saturated carbocycles. The van der Waals surface area contributed by atoms with Crippen LogP contribution in [0.15, 0.2) is 152 Å². The van der Waals surface area contributed by atoms with E-state index in [0.29, 0.717) is 0 Å². The summed E-state index contributed by atoms with van der Waals surface area (Å²) in [5.74, 6) is 0. The van der Waals surface area contributed by atoms with Crippen molar-refractivity contribution in [2.75, 3.05) is 0 Å². The van der Waals surface area contributed by atoms with Gasteiger partial charge in [0.2, 0.25) is 0 Å². The number of fused-ring (bicyclic) bond motifs is 7. The van der Waals surface area contributed by atoms with E-state index in [0.717, 1.165) is 0 Å². The lowest BCUT2D eigenvalue weighted by Crippen LogP contribution is -1.94. The largest absolute Gasteiger partial charge is 0.309 e. The Balaban J connectivity index is 1.30. The number of rotatable bonds is 3. The molecule has 0 aliphatic carbocycles. The van der Waals surface area contributed by atoms with Gasteiger partial charge in [0, 0.05) is 16.5 Å². The van der Waals surface area contributed by atoms with E-state index in [1.165, 1.54) is 71.3 Å². The van der Waals surface area contributed by atoms with Gasteiger partial charge in [-0.25, -0.2) is 0 Å². The number of aromatic nitrogens is 1. The quantitative estimate of drug-likeness (QED) is 0.230. The normalized spacial score (nSPS) is 11.6. The van der Waals surface area contributed by atoms with Gasteiger partial charge in [-0.15, -0.1) is 0 Å². The summed E-state index contributed by atoms with van der Waals surface area (Å²) in [4.78, 5) is 0. The molecule has 0 N–H and O–H groups in total. The summed E-state index contributed by atoms with van der Waals surface area (Å²) in [5, 5.41) is 7.77. The smallest absolute Gasteiger partial charge is 0.0547 e. The topological polar surface area (TPSA) is 4.93 Å². The fraction of sp³-hybridized carbons (Fsp3) is 0. The van der Waals surface area contributed by atoms with Crippen LogP contribution in [-0.2, 0) is 0 Å². The van der Waals surface area contributed by atoms with Crippen molar-refractivity contribution in [3.63, 3.8) is 0 Å². The molecule has 0 saturated heterocycles. The van der Waals surface area contributed by atoms with Gasteiger partial charge in [-0.05, 0) is 68.1 Å². The molecule has 0 atom stereocenters. The van der Waals surface area contributed by atoms with Crippen molar-refractivity contribution >= 4 is 43.4 Å². The molecule has 0 amide bonds. The van der Waals surface area contributed by atoms with Gasteiger partial charge in [-0.1, -0.05) is 127 Å². The van der Waals surface area contributed by atoms with E-state index in [-0.39, 0.29) is 0 Å². The van der Waals surface area contributed by atoms with E-state index >= 15 is 0 Å². The van der Waals surface area contributed by atoms with Crippen molar-refractivity contribution < 1.29 is 0 Å². The minimum Gasteiger partial charge on any atom is -0.309 e. The lowest BCUT2D eigenvalue weighted by Gasteiger charge is -2.10. The zero-order chi connectivity index (χ0) is 25.8. The van der Waals surface area contributed by atoms with Crippen molar-refractivity contribution in [1.29, 1.82) is 0 Å². The number of hydrogen-bond donors (Lipinski definition) is 0. The van der Waals surface area contributed by atoms with Gasteiger partial charge >= 0.3 is 0 Å². The van der Waals surface area contributed by atoms with Crippen LogP contribution in [0.1, 0.15) is 0 Å². The Bertz CT molecular complexity index is 2040. The molecule has 1 heterocycles. The number of benzene rings is 7. The minimum atomic E-state index is 1.17. The van der Waals surface area contributed by atoms with Crippen molar-refractivity contribution in [1.82, 2.24) is 4.57 Å². The van der Waals surface area contributed by atoms with E-state index in [4.69, 9.17) is 0 Å². The van der Waals surface area contributed by atoms with E-state index in [1.54, 1.807) is 0 Å². The Hall–Kier alpha value is -5.14. The second kappa shape index (κ2) is 8.72. The molecular weight excluding hydrogens is 470 g/mol. The predicted molar refractivity (Wildman–Crippen MR) is 167 cm³/mol. The highest BCUT2D eigenvalue weighted by atomic mass is 15.0. The second-order valence-electron chi connectivity index (χ2n) is 10.2. The third-order valence-corrected chi connectivity index (χ3v) is 8.00. The summed E-state index contributed by atoms with van der Waals surface area (Å²) in [6.07, 6.45) is 0. The first-order valence-electron chi connectivity index (χ1n) is 13.5. The lowest BCUT2D eigenvalue weighted by atomic mass is 10.00. The highest BCUT2D eigenvalue weighted by Crippen LogP contribution is 2.40. The third kappa shape index (κ3) is 3.48. The van der Waals surface area contributed by atoms with Crippen LogP contribution in [0.2, 0.25) is 0 Å². The molecule has 8 rings (SSSR count). The van der Waals surface area contributed by atoms with Crippen LogP contribution in [0, 0.1) is 0 Å². The monoisotopic (exact) mass is 495 g/mol. The first-order valence-corrected chi connectivity index (χ1v) is 13.5. The van der Waals surface area contributed by atoms with Crippen LogP contribution in [0.4, 0.5) is 0 Å². The Kier molecular flexibility index (Phi) is 4.89.